The van der Waals surface area contributed by atoms with Crippen LogP contribution in [0.1, 0.15) is 12.8 Å². The number of esters is 1. The number of hydrogen-bond donors (Lipinski definition) is 1. The third kappa shape index (κ3) is 3.99. The molecule has 10 heteroatoms. The fourth-order valence-electron chi connectivity index (χ4n) is 2.82. The smallest absolute Gasteiger partial charge is 0.328 e. The number of Topliss-reactive ketones (excluding diaryl/α,β-unsaturated/α-hetero) is 1. The topological polar surface area (TPSA) is 90.9 Å². The summed E-state index contributed by atoms with van der Waals surface area (Å²) in [6.07, 6.45) is 3.15. The first-order valence-electron chi connectivity index (χ1n) is 7.64. The number of rotatable bonds is 10. The van der Waals surface area contributed by atoms with E-state index in [1.807, 2.05) is 0 Å². The fraction of sp³-hybridized carbons (Fsp3) is 0.625. The van der Waals surface area contributed by atoms with E-state index in [0.29, 0.717) is 0 Å². The van der Waals surface area contributed by atoms with E-state index in [0.717, 1.165) is 0 Å². The zero-order valence-electron chi connectivity index (χ0n) is 15.1. The van der Waals surface area contributed by atoms with Gasteiger partial charge in [0.2, 0.25) is 11.6 Å². The van der Waals surface area contributed by atoms with Crippen LogP contribution in [0.5, 0.6) is 0 Å². The molecular weight excluding hydrogens is 405 g/mol. The second-order valence-electron chi connectivity index (χ2n) is 5.62. The van der Waals surface area contributed by atoms with Crippen molar-refractivity contribution in [3.63, 3.8) is 0 Å². The summed E-state index contributed by atoms with van der Waals surface area (Å²) in [5.41, 5.74) is 0.0169. The minimum atomic E-state index is -1.76. The van der Waals surface area contributed by atoms with Gasteiger partial charge in [0.05, 0.1) is 12.8 Å². The number of ketones is 1. The van der Waals surface area contributed by atoms with Crippen LogP contribution < -0.4 is 5.32 Å². The molecule has 0 aromatic heterocycles. The van der Waals surface area contributed by atoms with Gasteiger partial charge in [-0.15, -0.1) is 18.2 Å². The van der Waals surface area contributed by atoms with Crippen LogP contribution in [0.2, 0.25) is 0 Å². The Kier molecular flexibility index (Phi) is 8.29. The van der Waals surface area contributed by atoms with Crippen molar-refractivity contribution in [1.82, 2.24) is 5.32 Å². The number of ether oxygens (including phenoxy) is 3. The number of methoxy groups -OCH3 is 3. The van der Waals surface area contributed by atoms with Crippen molar-refractivity contribution in [3.05, 3.63) is 23.4 Å². The highest BCUT2D eigenvalue weighted by atomic mass is 35.5. The average Bonchev–Trinajstić information content (AvgIpc) is 2.76. The average molecular weight is 428 g/mol. The molecule has 0 saturated carbocycles. The molecule has 1 rings (SSSR count). The third-order valence-electron chi connectivity index (χ3n) is 4.13. The molecule has 0 bridgehead atoms. The minimum absolute atomic E-state index is 0.0122. The zero-order chi connectivity index (χ0) is 20.1. The number of allylic oxidation sites excluding steroid dienone is 2. The summed E-state index contributed by atoms with van der Waals surface area (Å²) in [4.78, 5) is 23.1. The molecule has 1 aliphatic carbocycles. The number of nitrogens with one attached hydrogen (secondary N) is 1. The molecule has 0 aliphatic heterocycles. The van der Waals surface area contributed by atoms with Gasteiger partial charge in [0, 0.05) is 37.0 Å². The van der Waals surface area contributed by atoms with Gasteiger partial charge in [-0.25, -0.2) is 4.79 Å². The van der Waals surface area contributed by atoms with Crippen molar-refractivity contribution in [2.24, 2.45) is 0 Å². The van der Waals surface area contributed by atoms with Crippen molar-refractivity contribution in [1.29, 1.82) is 0 Å². The maximum Gasteiger partial charge on any atom is 0.328 e. The molecular formula is C16H23Cl2NO6S. The lowest BCUT2D eigenvalue weighted by Crippen LogP contribution is -2.58. The van der Waals surface area contributed by atoms with Crippen LogP contribution in [0.15, 0.2) is 23.4 Å². The lowest BCUT2D eigenvalue weighted by atomic mass is 9.93. The third-order valence-corrected chi connectivity index (χ3v) is 5.87. The number of halogens is 2. The molecule has 0 radical (unpaired) electrons. The molecule has 1 aliphatic rings. The Morgan fingerprint density at radius 3 is 2.38 bits per heavy atom. The largest absolute Gasteiger partial charge is 0.467 e. The van der Waals surface area contributed by atoms with Crippen molar-refractivity contribution in [2.75, 3.05) is 33.3 Å². The summed E-state index contributed by atoms with van der Waals surface area (Å²) in [6.45, 7) is 3.60. The summed E-state index contributed by atoms with van der Waals surface area (Å²) >= 11 is 12.8. The molecule has 26 heavy (non-hydrogen) atoms. The van der Waals surface area contributed by atoms with Gasteiger partial charge in [-0.2, -0.15) is 0 Å². The van der Waals surface area contributed by atoms with Gasteiger partial charge in [-0.3, -0.25) is 9.00 Å². The summed E-state index contributed by atoms with van der Waals surface area (Å²) in [5, 5.41) is 2.62. The van der Waals surface area contributed by atoms with Gasteiger partial charge in [0.25, 0.3) is 0 Å². The van der Waals surface area contributed by atoms with E-state index in [9.17, 15) is 13.8 Å². The van der Waals surface area contributed by atoms with Crippen molar-refractivity contribution < 1.29 is 28.0 Å². The van der Waals surface area contributed by atoms with Crippen LogP contribution in [-0.2, 0) is 34.6 Å². The van der Waals surface area contributed by atoms with Crippen LogP contribution in [0.3, 0.4) is 0 Å². The Morgan fingerprint density at radius 2 is 1.96 bits per heavy atom. The molecule has 0 aromatic rings. The molecule has 7 nitrogen and oxygen atoms in total. The molecule has 0 amide bonds. The van der Waals surface area contributed by atoms with E-state index in [1.165, 1.54) is 33.7 Å². The maximum absolute atomic E-state index is 12.7. The van der Waals surface area contributed by atoms with E-state index in [2.05, 4.69) is 11.9 Å². The van der Waals surface area contributed by atoms with E-state index in [4.69, 9.17) is 37.4 Å². The molecule has 1 N–H and O–H groups in total. The predicted molar refractivity (Wildman–Crippen MR) is 101 cm³/mol. The summed E-state index contributed by atoms with van der Waals surface area (Å²) in [6, 6.07) is -0.923. The summed E-state index contributed by atoms with van der Waals surface area (Å²) in [7, 11) is 2.71. The highest BCUT2D eigenvalue weighted by Crippen LogP contribution is 2.50. The minimum Gasteiger partial charge on any atom is -0.467 e. The van der Waals surface area contributed by atoms with Gasteiger partial charge in [-0.1, -0.05) is 17.7 Å². The molecule has 0 fully saturated rings. The second-order valence-corrected chi connectivity index (χ2v) is 8.20. The highest BCUT2D eigenvalue weighted by molar-refractivity contribution is 7.84. The van der Waals surface area contributed by atoms with Crippen molar-refractivity contribution in [2.45, 2.75) is 29.5 Å². The van der Waals surface area contributed by atoms with Crippen LogP contribution in [-0.4, -0.2) is 66.0 Å². The van der Waals surface area contributed by atoms with Crippen LogP contribution in [0.4, 0.5) is 0 Å². The van der Waals surface area contributed by atoms with E-state index < -0.39 is 39.3 Å². The van der Waals surface area contributed by atoms with E-state index in [-0.39, 0.29) is 29.3 Å². The Labute approximate surface area is 165 Å². The number of carbonyl (C=O) groups is 2. The first-order chi connectivity index (χ1) is 12.1. The Balaban J connectivity index is 3.36. The van der Waals surface area contributed by atoms with Gasteiger partial charge in [-0.05, 0) is 12.8 Å². The molecule has 2 unspecified atom stereocenters. The van der Waals surface area contributed by atoms with Crippen LogP contribution in [0.25, 0.3) is 0 Å². The van der Waals surface area contributed by atoms with Gasteiger partial charge < -0.3 is 19.5 Å². The molecule has 0 spiro atoms. The molecule has 0 saturated heterocycles. The van der Waals surface area contributed by atoms with E-state index >= 15 is 0 Å². The lowest BCUT2D eigenvalue weighted by molar-refractivity contribution is -0.199. The normalized spacial score (nSPS) is 24.3. The fourth-order valence-corrected chi connectivity index (χ4v) is 4.23. The number of hydrogen-bond acceptors (Lipinski definition) is 7. The molecule has 0 heterocycles. The number of carbonyl (C=O) groups excluding carboxylic acids is 2. The first kappa shape index (κ1) is 23.1. The van der Waals surface area contributed by atoms with Crippen molar-refractivity contribution in [3.8, 4) is 0 Å². The van der Waals surface area contributed by atoms with Gasteiger partial charge in [0.15, 0.2) is 4.87 Å². The van der Waals surface area contributed by atoms with Gasteiger partial charge in [0.1, 0.15) is 11.1 Å². The Bertz CT molecular complexity index is 634. The zero-order valence-corrected chi connectivity index (χ0v) is 17.4. The Hall–Kier alpha value is -0.930. The summed E-state index contributed by atoms with van der Waals surface area (Å²) in [5.74, 6) is -2.75. The van der Waals surface area contributed by atoms with Crippen LogP contribution in [0, 0.1) is 0 Å². The quantitative estimate of drug-likeness (QED) is 0.244. The standard InChI is InChI=1S/C16H23Cl2NO6S/c1-6-8-15(18)13(20)11(17)12(16(15,24-3)25-4)19-10(14(21)23-2)7-9-26(5)22/h6,10,19H,1,7-9H2,2-5H3/t10-,15?,26?/m1/s1. The summed E-state index contributed by atoms with van der Waals surface area (Å²) < 4.78 is 27.1. The van der Waals surface area contributed by atoms with E-state index in [1.54, 1.807) is 0 Å². The Morgan fingerprint density at radius 1 is 1.38 bits per heavy atom. The van der Waals surface area contributed by atoms with Crippen molar-refractivity contribution >= 4 is 45.8 Å². The maximum atomic E-state index is 12.7. The monoisotopic (exact) mass is 427 g/mol. The second kappa shape index (κ2) is 9.32. The SMILES string of the molecule is C=CCC1(Cl)C(=O)C(Cl)=C(N[C@H](CCS(C)=O)C(=O)OC)C1(OC)OC. The van der Waals surface area contributed by atoms with Crippen LogP contribution >= 0.6 is 23.2 Å². The highest BCUT2D eigenvalue weighted by Gasteiger charge is 2.66. The molecule has 0 aromatic carbocycles. The number of alkyl halides is 1. The molecule has 3 atom stereocenters. The lowest BCUT2D eigenvalue weighted by Gasteiger charge is -2.40. The van der Waals surface area contributed by atoms with Gasteiger partial charge >= 0.3 is 5.97 Å². The predicted octanol–water partition coefficient (Wildman–Crippen LogP) is 1.46. The first-order valence-corrected chi connectivity index (χ1v) is 10.1. The molecule has 148 valence electrons.